The highest BCUT2D eigenvalue weighted by Crippen LogP contribution is 2.10. The van der Waals surface area contributed by atoms with Crippen molar-refractivity contribution < 1.29 is 9.59 Å². The Morgan fingerprint density at radius 1 is 1.47 bits per heavy atom. The smallest absolute Gasteiger partial charge is 0.166 e. The lowest BCUT2D eigenvalue weighted by molar-refractivity contribution is -0.115. The van der Waals surface area contributed by atoms with E-state index in [4.69, 9.17) is 0 Å². The van der Waals surface area contributed by atoms with Crippen LogP contribution in [0.4, 0.5) is 0 Å². The van der Waals surface area contributed by atoms with Crippen LogP contribution in [0, 0.1) is 5.92 Å². The fourth-order valence-electron chi connectivity index (χ4n) is 1.66. The molecule has 0 bridgehead atoms. The lowest BCUT2D eigenvalue weighted by Crippen LogP contribution is -2.02. The molecule has 0 atom stereocenters. The zero-order valence-corrected chi connectivity index (χ0v) is 10.6. The van der Waals surface area contributed by atoms with Gasteiger partial charge in [0, 0.05) is 18.4 Å². The van der Waals surface area contributed by atoms with Crippen LogP contribution in [-0.2, 0) is 9.59 Å². The van der Waals surface area contributed by atoms with Gasteiger partial charge in [-0.05, 0) is 24.5 Å². The lowest BCUT2D eigenvalue weighted by Gasteiger charge is -2.03. The van der Waals surface area contributed by atoms with Crippen molar-refractivity contribution in [2.75, 3.05) is 0 Å². The van der Waals surface area contributed by atoms with Crippen LogP contribution >= 0.6 is 0 Å². The summed E-state index contributed by atoms with van der Waals surface area (Å²) in [6, 6.07) is 0. The van der Waals surface area contributed by atoms with E-state index < -0.39 is 0 Å². The normalized spacial score (nSPS) is 15.7. The molecule has 0 saturated carbocycles. The molecule has 0 aromatic heterocycles. The Morgan fingerprint density at radius 2 is 2.24 bits per heavy atom. The molecule has 0 N–H and O–H groups in total. The van der Waals surface area contributed by atoms with Gasteiger partial charge >= 0.3 is 0 Å². The number of hydrogen-bond donors (Lipinski definition) is 0. The van der Waals surface area contributed by atoms with E-state index in [1.54, 1.807) is 12.2 Å². The SMILES string of the molecule is CC(C)CCCC(=O)C=CC1=CC=CCC1=O. The van der Waals surface area contributed by atoms with E-state index in [0.717, 1.165) is 12.8 Å². The predicted octanol–water partition coefficient (Wildman–Crippen LogP) is 3.39. The number of carbonyl (C=O) groups is 2. The summed E-state index contributed by atoms with van der Waals surface area (Å²) in [5.74, 6) is 0.826. The van der Waals surface area contributed by atoms with Gasteiger partial charge in [-0.15, -0.1) is 0 Å². The largest absolute Gasteiger partial charge is 0.295 e. The molecule has 0 radical (unpaired) electrons. The second-order valence-corrected chi connectivity index (χ2v) is 4.76. The van der Waals surface area contributed by atoms with E-state index in [0.29, 0.717) is 24.3 Å². The van der Waals surface area contributed by atoms with Crippen LogP contribution in [0.25, 0.3) is 0 Å². The maximum absolute atomic E-state index is 11.5. The molecule has 1 aliphatic carbocycles. The Bertz CT molecular complexity index is 370. The molecule has 0 unspecified atom stereocenters. The average Bonchev–Trinajstić information content (AvgIpc) is 2.27. The van der Waals surface area contributed by atoms with Gasteiger partial charge in [-0.2, -0.15) is 0 Å². The van der Waals surface area contributed by atoms with Crippen LogP contribution in [0.3, 0.4) is 0 Å². The predicted molar refractivity (Wildman–Crippen MR) is 69.7 cm³/mol. The Morgan fingerprint density at radius 3 is 2.88 bits per heavy atom. The minimum Gasteiger partial charge on any atom is -0.295 e. The van der Waals surface area contributed by atoms with Gasteiger partial charge in [-0.1, -0.05) is 38.5 Å². The summed E-state index contributed by atoms with van der Waals surface area (Å²) in [6.45, 7) is 4.30. The van der Waals surface area contributed by atoms with E-state index >= 15 is 0 Å². The van der Waals surface area contributed by atoms with Crippen molar-refractivity contribution in [3.8, 4) is 0 Å². The Hall–Kier alpha value is -1.44. The molecule has 17 heavy (non-hydrogen) atoms. The van der Waals surface area contributed by atoms with Crippen LogP contribution in [0.1, 0.15) is 39.5 Å². The minimum absolute atomic E-state index is 0.0822. The molecule has 2 nitrogen and oxygen atoms in total. The number of Topliss-reactive ketones (excluding diaryl/α,β-unsaturated/α-hetero) is 1. The molecule has 0 amide bonds. The van der Waals surface area contributed by atoms with Gasteiger partial charge in [-0.3, -0.25) is 9.59 Å². The third kappa shape index (κ3) is 5.43. The van der Waals surface area contributed by atoms with Gasteiger partial charge < -0.3 is 0 Å². The highest BCUT2D eigenvalue weighted by Gasteiger charge is 2.07. The molecule has 1 rings (SSSR count). The molecule has 92 valence electrons. The number of hydrogen-bond acceptors (Lipinski definition) is 2. The van der Waals surface area contributed by atoms with E-state index in [-0.39, 0.29) is 11.6 Å². The fourth-order valence-corrected chi connectivity index (χ4v) is 1.66. The standard InChI is InChI=1S/C15H20O2/c1-12(2)6-5-8-14(16)11-10-13-7-3-4-9-15(13)17/h3-4,7,10-12H,5-6,8-9H2,1-2H3. The quantitative estimate of drug-likeness (QED) is 0.658. The molecular weight excluding hydrogens is 212 g/mol. The highest BCUT2D eigenvalue weighted by molar-refractivity contribution is 6.02. The maximum Gasteiger partial charge on any atom is 0.166 e. The molecule has 1 aliphatic rings. The van der Waals surface area contributed by atoms with Gasteiger partial charge in [0.2, 0.25) is 0 Å². The van der Waals surface area contributed by atoms with Crippen LogP contribution in [-0.4, -0.2) is 11.6 Å². The summed E-state index contributed by atoms with van der Waals surface area (Å²) in [4.78, 5) is 23.0. The van der Waals surface area contributed by atoms with Gasteiger partial charge in [0.1, 0.15) is 0 Å². The first-order chi connectivity index (χ1) is 8.09. The van der Waals surface area contributed by atoms with Crippen molar-refractivity contribution in [2.45, 2.75) is 39.5 Å². The van der Waals surface area contributed by atoms with Crippen molar-refractivity contribution >= 4 is 11.6 Å². The second kappa shape index (κ2) is 7.00. The zero-order chi connectivity index (χ0) is 12.7. The zero-order valence-electron chi connectivity index (χ0n) is 10.6. The van der Waals surface area contributed by atoms with Crippen LogP contribution in [0.2, 0.25) is 0 Å². The van der Waals surface area contributed by atoms with E-state index in [2.05, 4.69) is 13.8 Å². The second-order valence-electron chi connectivity index (χ2n) is 4.76. The Balaban J connectivity index is 2.37. The lowest BCUT2D eigenvalue weighted by atomic mass is 10.0. The first-order valence-corrected chi connectivity index (χ1v) is 6.20. The molecule has 0 aromatic carbocycles. The Labute approximate surface area is 103 Å². The highest BCUT2D eigenvalue weighted by atomic mass is 16.1. The average molecular weight is 232 g/mol. The number of ketones is 2. The van der Waals surface area contributed by atoms with E-state index in [1.807, 2.05) is 12.2 Å². The monoisotopic (exact) mass is 232 g/mol. The summed E-state index contributed by atoms with van der Waals surface area (Å²) < 4.78 is 0. The molecule has 2 heteroatoms. The van der Waals surface area contributed by atoms with Crippen LogP contribution in [0.15, 0.2) is 36.0 Å². The molecule has 0 aromatic rings. The van der Waals surface area contributed by atoms with Gasteiger partial charge in [0.05, 0.1) is 0 Å². The number of rotatable bonds is 6. The summed E-state index contributed by atoms with van der Waals surface area (Å²) >= 11 is 0. The molecule has 0 saturated heterocycles. The minimum atomic E-state index is 0.0822. The molecule has 0 fully saturated rings. The topological polar surface area (TPSA) is 34.1 Å². The summed E-state index contributed by atoms with van der Waals surface area (Å²) in [7, 11) is 0. The van der Waals surface area contributed by atoms with Gasteiger partial charge in [-0.25, -0.2) is 0 Å². The van der Waals surface area contributed by atoms with Crippen LogP contribution in [0.5, 0.6) is 0 Å². The van der Waals surface area contributed by atoms with Crippen LogP contribution < -0.4 is 0 Å². The molecule has 0 heterocycles. The summed E-state index contributed by atoms with van der Waals surface area (Å²) in [5, 5.41) is 0. The van der Waals surface area contributed by atoms with E-state index in [1.165, 1.54) is 6.08 Å². The first-order valence-electron chi connectivity index (χ1n) is 6.20. The van der Waals surface area contributed by atoms with Gasteiger partial charge in [0.25, 0.3) is 0 Å². The number of allylic oxidation sites excluding steroid dienone is 6. The van der Waals surface area contributed by atoms with Gasteiger partial charge in [0.15, 0.2) is 11.6 Å². The maximum atomic E-state index is 11.5. The van der Waals surface area contributed by atoms with E-state index in [9.17, 15) is 9.59 Å². The van der Waals surface area contributed by atoms with Crippen molar-refractivity contribution in [1.29, 1.82) is 0 Å². The summed E-state index contributed by atoms with van der Waals surface area (Å²) in [6.07, 6.45) is 11.6. The van der Waals surface area contributed by atoms with Crippen molar-refractivity contribution in [2.24, 2.45) is 5.92 Å². The third-order valence-corrected chi connectivity index (χ3v) is 2.69. The first kappa shape index (κ1) is 13.6. The molecule has 0 spiro atoms. The van der Waals surface area contributed by atoms with Crippen molar-refractivity contribution in [3.05, 3.63) is 36.0 Å². The third-order valence-electron chi connectivity index (χ3n) is 2.69. The summed E-state index contributed by atoms with van der Waals surface area (Å²) in [5.41, 5.74) is 0.629. The van der Waals surface area contributed by atoms with Crippen molar-refractivity contribution in [3.63, 3.8) is 0 Å². The Kier molecular flexibility index (Phi) is 5.61. The molecular formula is C15H20O2. The molecule has 0 aliphatic heterocycles. The number of carbonyl (C=O) groups excluding carboxylic acids is 2. The van der Waals surface area contributed by atoms with Crippen molar-refractivity contribution in [1.82, 2.24) is 0 Å². The fraction of sp³-hybridized carbons (Fsp3) is 0.467.